The van der Waals surface area contributed by atoms with Gasteiger partial charge in [0, 0.05) is 18.5 Å². The van der Waals surface area contributed by atoms with Crippen molar-refractivity contribution in [2.75, 3.05) is 20.3 Å². The maximum Gasteiger partial charge on any atom is 0.251 e. The fraction of sp³-hybridized carbons (Fsp3) is 0.190. The predicted molar refractivity (Wildman–Crippen MR) is 121 cm³/mol. The van der Waals surface area contributed by atoms with Gasteiger partial charge in [-0.3, -0.25) is 9.59 Å². The van der Waals surface area contributed by atoms with Crippen LogP contribution in [0.5, 0.6) is 11.5 Å². The quantitative estimate of drug-likeness (QED) is 0.322. The molecule has 2 aromatic rings. The number of carbonyl (C=O) groups excluding carboxylic acids is 2. The Balaban J connectivity index is 1.85. The van der Waals surface area contributed by atoms with Crippen molar-refractivity contribution >= 4 is 52.8 Å². The molecule has 0 saturated heterocycles. The van der Waals surface area contributed by atoms with Crippen LogP contribution in [-0.4, -0.2) is 38.3 Å². The molecular formula is C21H18Cl3N3O4. The van der Waals surface area contributed by atoms with Crippen molar-refractivity contribution in [1.82, 2.24) is 10.7 Å². The van der Waals surface area contributed by atoms with Gasteiger partial charge in [-0.1, -0.05) is 40.7 Å². The third-order valence-corrected chi connectivity index (χ3v) is 4.79. The van der Waals surface area contributed by atoms with Crippen LogP contribution in [0.4, 0.5) is 0 Å². The zero-order valence-electron chi connectivity index (χ0n) is 16.4. The number of amides is 2. The van der Waals surface area contributed by atoms with Crippen molar-refractivity contribution < 1.29 is 19.1 Å². The summed E-state index contributed by atoms with van der Waals surface area (Å²) in [6.07, 6.45) is 6.60. The molecule has 0 aliphatic heterocycles. The minimum absolute atomic E-state index is 0.0212. The van der Waals surface area contributed by atoms with Crippen molar-refractivity contribution in [1.29, 1.82) is 0 Å². The van der Waals surface area contributed by atoms with Crippen LogP contribution >= 0.6 is 34.8 Å². The Labute approximate surface area is 194 Å². The molecule has 0 bridgehead atoms. The lowest BCUT2D eigenvalue weighted by molar-refractivity contribution is -0.120. The molecule has 0 aromatic heterocycles. The summed E-state index contributed by atoms with van der Waals surface area (Å²) in [5, 5.41) is 7.39. The first-order valence-corrected chi connectivity index (χ1v) is 9.98. The number of hydrazone groups is 1. The number of carbonyl (C=O) groups is 2. The topological polar surface area (TPSA) is 89.0 Å². The Morgan fingerprint density at radius 2 is 1.94 bits per heavy atom. The van der Waals surface area contributed by atoms with Gasteiger partial charge in [0.25, 0.3) is 5.91 Å². The van der Waals surface area contributed by atoms with Crippen LogP contribution in [0.3, 0.4) is 0 Å². The van der Waals surface area contributed by atoms with E-state index >= 15 is 0 Å². The summed E-state index contributed by atoms with van der Waals surface area (Å²) < 4.78 is 10.6. The monoisotopic (exact) mass is 481 g/mol. The first kappa shape index (κ1) is 24.4. The number of rotatable bonds is 9. The zero-order valence-corrected chi connectivity index (χ0v) is 18.6. The molecule has 31 heavy (non-hydrogen) atoms. The molecule has 0 aliphatic rings. The number of nitrogens with one attached hydrogen (secondary N) is 2. The molecule has 0 heterocycles. The van der Waals surface area contributed by atoms with Gasteiger partial charge < -0.3 is 14.8 Å². The maximum absolute atomic E-state index is 12.1. The number of hydrogen-bond donors (Lipinski definition) is 2. The van der Waals surface area contributed by atoms with Gasteiger partial charge in [0.1, 0.15) is 6.61 Å². The molecule has 0 unspecified atom stereocenters. The van der Waals surface area contributed by atoms with E-state index in [0.29, 0.717) is 27.6 Å². The highest BCUT2D eigenvalue weighted by Crippen LogP contribution is 2.35. The average Bonchev–Trinajstić information content (AvgIpc) is 2.74. The summed E-state index contributed by atoms with van der Waals surface area (Å²) in [6, 6.07) is 7.73. The van der Waals surface area contributed by atoms with Gasteiger partial charge in [-0.05, 0) is 35.9 Å². The zero-order chi connectivity index (χ0) is 22.8. The first-order valence-electron chi connectivity index (χ1n) is 8.84. The van der Waals surface area contributed by atoms with E-state index in [4.69, 9.17) is 50.7 Å². The maximum atomic E-state index is 12.1. The highest BCUT2D eigenvalue weighted by Gasteiger charge is 2.11. The van der Waals surface area contributed by atoms with Crippen LogP contribution in [0, 0.1) is 12.3 Å². The molecule has 0 spiro atoms. The normalized spacial score (nSPS) is 10.4. The van der Waals surface area contributed by atoms with Gasteiger partial charge in [-0.2, -0.15) is 5.10 Å². The molecule has 0 radical (unpaired) electrons. The lowest BCUT2D eigenvalue weighted by atomic mass is 10.2. The van der Waals surface area contributed by atoms with Crippen LogP contribution in [-0.2, 0) is 4.79 Å². The molecule has 2 N–H and O–H groups in total. The Bertz CT molecular complexity index is 1040. The summed E-state index contributed by atoms with van der Waals surface area (Å²) in [5.41, 5.74) is 3.28. The third-order valence-electron chi connectivity index (χ3n) is 3.77. The number of hydrogen-bond acceptors (Lipinski definition) is 5. The predicted octanol–water partition coefficient (Wildman–Crippen LogP) is 3.94. The average molecular weight is 483 g/mol. The molecule has 0 atom stereocenters. The second kappa shape index (κ2) is 12.1. The molecule has 2 amide bonds. The molecule has 7 nitrogen and oxygen atoms in total. The van der Waals surface area contributed by atoms with Gasteiger partial charge in [-0.15, -0.1) is 6.42 Å². The summed E-state index contributed by atoms with van der Waals surface area (Å²) in [5.74, 6) is 2.28. The Morgan fingerprint density at radius 1 is 1.16 bits per heavy atom. The fourth-order valence-electron chi connectivity index (χ4n) is 2.33. The number of methoxy groups -OCH3 is 1. The Kier molecular flexibility index (Phi) is 9.47. The molecule has 0 aliphatic carbocycles. The van der Waals surface area contributed by atoms with Gasteiger partial charge >= 0.3 is 0 Å². The van der Waals surface area contributed by atoms with Crippen molar-refractivity contribution in [3.8, 4) is 23.8 Å². The van der Waals surface area contributed by atoms with Crippen LogP contribution < -0.4 is 20.2 Å². The molecular weight excluding hydrogens is 465 g/mol. The van der Waals surface area contributed by atoms with E-state index in [1.807, 2.05) is 0 Å². The minimum Gasteiger partial charge on any atom is -0.493 e. The second-order valence-electron chi connectivity index (χ2n) is 5.95. The smallest absolute Gasteiger partial charge is 0.251 e. The van der Waals surface area contributed by atoms with Crippen molar-refractivity contribution in [2.45, 2.75) is 6.42 Å². The summed E-state index contributed by atoms with van der Waals surface area (Å²) in [6.45, 7) is 0.155. The van der Waals surface area contributed by atoms with Gasteiger partial charge in [0.15, 0.2) is 11.5 Å². The van der Waals surface area contributed by atoms with Crippen molar-refractivity contribution in [2.24, 2.45) is 5.10 Å². The third kappa shape index (κ3) is 7.37. The highest BCUT2D eigenvalue weighted by molar-refractivity contribution is 6.42. The lowest BCUT2D eigenvalue weighted by Gasteiger charge is -2.11. The van der Waals surface area contributed by atoms with Crippen LogP contribution in [0.1, 0.15) is 22.3 Å². The largest absolute Gasteiger partial charge is 0.493 e. The van der Waals surface area contributed by atoms with Gasteiger partial charge in [0.05, 0.1) is 28.4 Å². The van der Waals surface area contributed by atoms with E-state index in [0.717, 1.165) is 0 Å². The number of benzene rings is 2. The van der Waals surface area contributed by atoms with E-state index < -0.39 is 5.91 Å². The number of terminal acetylenes is 1. The lowest BCUT2D eigenvalue weighted by Crippen LogP contribution is -2.29. The summed E-state index contributed by atoms with van der Waals surface area (Å²) >= 11 is 17.9. The van der Waals surface area contributed by atoms with E-state index in [9.17, 15) is 9.59 Å². The van der Waals surface area contributed by atoms with Crippen molar-refractivity contribution in [3.05, 3.63) is 56.5 Å². The van der Waals surface area contributed by atoms with E-state index in [1.54, 1.807) is 12.1 Å². The van der Waals surface area contributed by atoms with Gasteiger partial charge in [0.2, 0.25) is 5.91 Å². The Morgan fingerprint density at radius 3 is 2.61 bits per heavy atom. The summed E-state index contributed by atoms with van der Waals surface area (Å²) in [7, 11) is 1.46. The SMILES string of the molecule is C#CCOc1c(Cl)cc(C=NNC(=O)CCNC(=O)c2ccc(Cl)c(Cl)c2)cc1OC. The highest BCUT2D eigenvalue weighted by atomic mass is 35.5. The number of ether oxygens (including phenoxy) is 2. The number of nitrogens with zero attached hydrogens (tertiary/aromatic N) is 1. The molecule has 2 aromatic carbocycles. The molecule has 0 saturated carbocycles. The molecule has 10 heteroatoms. The number of halogens is 3. The summed E-state index contributed by atoms with van der Waals surface area (Å²) in [4.78, 5) is 24.0. The van der Waals surface area contributed by atoms with Crippen LogP contribution in [0.2, 0.25) is 15.1 Å². The molecule has 0 fully saturated rings. The van der Waals surface area contributed by atoms with Crippen molar-refractivity contribution in [3.63, 3.8) is 0 Å². The fourth-order valence-corrected chi connectivity index (χ4v) is 2.90. The van der Waals surface area contributed by atoms with Crippen LogP contribution in [0.25, 0.3) is 0 Å². The van der Waals surface area contributed by atoms with E-state index in [1.165, 1.54) is 31.5 Å². The standard InChI is InChI=1S/C21H18Cl3N3O4/c1-3-8-31-20-17(24)9-13(10-18(20)30-2)12-26-27-19(28)6-7-25-21(29)14-4-5-15(22)16(23)11-14/h1,4-5,9-12H,6-8H2,2H3,(H,25,29)(H,27,28). The van der Waals surface area contributed by atoms with Crippen LogP contribution in [0.15, 0.2) is 35.4 Å². The van der Waals surface area contributed by atoms with E-state index in [2.05, 4.69) is 21.8 Å². The van der Waals surface area contributed by atoms with E-state index in [-0.39, 0.29) is 35.5 Å². The second-order valence-corrected chi connectivity index (χ2v) is 7.18. The Hall–Kier alpha value is -2.92. The molecule has 162 valence electrons. The minimum atomic E-state index is -0.391. The molecule has 2 rings (SSSR count). The van der Waals surface area contributed by atoms with Gasteiger partial charge in [-0.25, -0.2) is 5.43 Å². The first-order chi connectivity index (χ1) is 14.8.